The fraction of sp³-hybridized carbons (Fsp3) is 0.600. The van der Waals surface area contributed by atoms with Gasteiger partial charge in [-0.15, -0.1) is 0 Å². The highest BCUT2D eigenvalue weighted by Gasteiger charge is 2.41. The number of benzene rings is 1. The molecule has 1 saturated carbocycles. The summed E-state index contributed by atoms with van der Waals surface area (Å²) in [5.41, 5.74) is 0.445. The number of carbonyl (C=O) groups is 2. The first-order valence-corrected chi connectivity index (χ1v) is 9.66. The van der Waals surface area contributed by atoms with Gasteiger partial charge in [0, 0.05) is 37.4 Å². The Morgan fingerprint density at radius 1 is 1.10 bits per heavy atom. The standard InChI is InChI=1S/C20H25F3N2O4/c1-25-17(7-8-18(25)26)19(27)24-13-9-15(28-2)11-16(10-13)29-14-5-3-12(4-6-14)20(21,22)23/h9-12,14,17H,3-8H2,1-2H3,(H,24,27). The van der Waals surface area contributed by atoms with E-state index in [0.29, 0.717) is 42.9 Å². The molecule has 160 valence electrons. The fourth-order valence-electron chi connectivity index (χ4n) is 3.87. The van der Waals surface area contributed by atoms with Crippen LogP contribution in [0.15, 0.2) is 18.2 Å². The Morgan fingerprint density at radius 3 is 2.31 bits per heavy atom. The van der Waals surface area contributed by atoms with E-state index in [1.807, 2.05) is 0 Å². The van der Waals surface area contributed by atoms with Crippen LogP contribution < -0.4 is 14.8 Å². The molecule has 1 heterocycles. The van der Waals surface area contributed by atoms with Crippen LogP contribution in [0.4, 0.5) is 18.9 Å². The van der Waals surface area contributed by atoms with Crippen LogP contribution in [0.3, 0.4) is 0 Å². The topological polar surface area (TPSA) is 67.9 Å². The van der Waals surface area contributed by atoms with Crippen molar-refractivity contribution in [1.82, 2.24) is 4.90 Å². The molecule has 2 aliphatic rings. The van der Waals surface area contributed by atoms with Crippen LogP contribution in [0, 0.1) is 5.92 Å². The van der Waals surface area contributed by atoms with Crippen molar-refractivity contribution in [2.75, 3.05) is 19.5 Å². The van der Waals surface area contributed by atoms with Gasteiger partial charge in [-0.1, -0.05) is 0 Å². The Labute approximate surface area is 167 Å². The number of ether oxygens (including phenoxy) is 2. The van der Waals surface area contributed by atoms with E-state index in [-0.39, 0.29) is 30.8 Å². The largest absolute Gasteiger partial charge is 0.497 e. The molecule has 0 spiro atoms. The predicted molar refractivity (Wildman–Crippen MR) is 99.8 cm³/mol. The number of hydrogen-bond acceptors (Lipinski definition) is 4. The van der Waals surface area contributed by atoms with Gasteiger partial charge in [-0.3, -0.25) is 9.59 Å². The Balaban J connectivity index is 1.65. The molecular formula is C20H25F3N2O4. The average Bonchev–Trinajstić information content (AvgIpc) is 3.00. The molecule has 1 aliphatic carbocycles. The first-order chi connectivity index (χ1) is 13.7. The lowest BCUT2D eigenvalue weighted by molar-refractivity contribution is -0.185. The van der Waals surface area contributed by atoms with Crippen LogP contribution in [0.2, 0.25) is 0 Å². The third-order valence-electron chi connectivity index (χ3n) is 5.62. The van der Waals surface area contributed by atoms with Crippen molar-refractivity contribution in [2.24, 2.45) is 5.92 Å². The van der Waals surface area contributed by atoms with Gasteiger partial charge in [0.05, 0.1) is 19.1 Å². The monoisotopic (exact) mass is 414 g/mol. The summed E-state index contributed by atoms with van der Waals surface area (Å²) in [5, 5.41) is 2.77. The highest BCUT2D eigenvalue weighted by Crippen LogP contribution is 2.39. The van der Waals surface area contributed by atoms with E-state index in [1.54, 1.807) is 25.2 Å². The maximum absolute atomic E-state index is 12.8. The average molecular weight is 414 g/mol. The third-order valence-corrected chi connectivity index (χ3v) is 5.62. The first-order valence-electron chi connectivity index (χ1n) is 9.66. The molecule has 6 nitrogen and oxygen atoms in total. The van der Waals surface area contributed by atoms with E-state index in [2.05, 4.69) is 5.32 Å². The minimum absolute atomic E-state index is 0.0454. The summed E-state index contributed by atoms with van der Waals surface area (Å²) >= 11 is 0. The molecule has 29 heavy (non-hydrogen) atoms. The number of amides is 2. The molecule has 1 unspecified atom stereocenters. The summed E-state index contributed by atoms with van der Waals surface area (Å²) in [5.74, 6) is -0.769. The van der Waals surface area contributed by atoms with Gasteiger partial charge in [-0.05, 0) is 32.1 Å². The maximum Gasteiger partial charge on any atom is 0.391 e. The van der Waals surface area contributed by atoms with E-state index >= 15 is 0 Å². The molecule has 3 rings (SSSR count). The summed E-state index contributed by atoms with van der Waals surface area (Å²) in [6, 6.07) is 4.35. The van der Waals surface area contributed by atoms with E-state index in [9.17, 15) is 22.8 Å². The van der Waals surface area contributed by atoms with Crippen molar-refractivity contribution in [1.29, 1.82) is 0 Å². The van der Waals surface area contributed by atoms with Gasteiger partial charge in [0.15, 0.2) is 0 Å². The fourth-order valence-corrected chi connectivity index (χ4v) is 3.87. The first kappa shape index (κ1) is 21.3. The summed E-state index contributed by atoms with van der Waals surface area (Å²) in [4.78, 5) is 25.6. The third kappa shape index (κ3) is 5.13. The lowest BCUT2D eigenvalue weighted by Gasteiger charge is -2.30. The van der Waals surface area contributed by atoms with Crippen LogP contribution in [-0.2, 0) is 9.59 Å². The number of alkyl halides is 3. The smallest absolute Gasteiger partial charge is 0.391 e. The number of likely N-dealkylation sites (tertiary alicyclic amines) is 1. The number of halogens is 3. The number of rotatable bonds is 5. The van der Waals surface area contributed by atoms with E-state index in [0.717, 1.165) is 0 Å². The van der Waals surface area contributed by atoms with Crippen LogP contribution >= 0.6 is 0 Å². The van der Waals surface area contributed by atoms with Crippen LogP contribution in [0.25, 0.3) is 0 Å². The highest BCUT2D eigenvalue weighted by atomic mass is 19.4. The second-order valence-electron chi connectivity index (χ2n) is 7.58. The van der Waals surface area contributed by atoms with Gasteiger partial charge < -0.3 is 19.7 Å². The van der Waals surface area contributed by atoms with Gasteiger partial charge in [0.2, 0.25) is 11.8 Å². The number of methoxy groups -OCH3 is 1. The SMILES string of the molecule is COc1cc(NC(=O)C2CCC(=O)N2C)cc(OC2CCC(C(F)(F)F)CC2)c1. The number of likely N-dealkylation sites (N-methyl/N-ethyl adjacent to an activating group) is 1. The molecule has 0 bridgehead atoms. The summed E-state index contributed by atoms with van der Waals surface area (Å²) in [6.45, 7) is 0. The quantitative estimate of drug-likeness (QED) is 0.797. The van der Waals surface area contributed by atoms with E-state index < -0.39 is 18.1 Å². The maximum atomic E-state index is 12.8. The molecule has 1 aromatic carbocycles. The molecule has 9 heteroatoms. The molecule has 1 N–H and O–H groups in total. The predicted octanol–water partition coefficient (Wildman–Crippen LogP) is 3.75. The second-order valence-corrected chi connectivity index (χ2v) is 7.58. The molecule has 2 fully saturated rings. The molecule has 1 aliphatic heterocycles. The molecule has 1 saturated heterocycles. The van der Waals surface area contributed by atoms with Crippen molar-refractivity contribution < 1.29 is 32.2 Å². The summed E-state index contributed by atoms with van der Waals surface area (Å²) in [7, 11) is 3.07. The number of nitrogens with one attached hydrogen (secondary N) is 1. The van der Waals surface area contributed by atoms with Crippen molar-refractivity contribution in [2.45, 2.75) is 56.8 Å². The van der Waals surface area contributed by atoms with Crippen molar-refractivity contribution in [3.63, 3.8) is 0 Å². The van der Waals surface area contributed by atoms with Gasteiger partial charge in [0.1, 0.15) is 17.5 Å². The molecule has 1 aromatic rings. The molecule has 2 amide bonds. The Hall–Kier alpha value is -2.45. The zero-order valence-corrected chi connectivity index (χ0v) is 16.4. The lowest BCUT2D eigenvalue weighted by Crippen LogP contribution is -2.38. The van der Waals surface area contributed by atoms with Crippen LogP contribution in [-0.4, -0.2) is 49.2 Å². The van der Waals surface area contributed by atoms with Crippen molar-refractivity contribution >= 4 is 17.5 Å². The van der Waals surface area contributed by atoms with Gasteiger partial charge in [0.25, 0.3) is 0 Å². The van der Waals surface area contributed by atoms with Gasteiger partial charge in [-0.25, -0.2) is 0 Å². The molecule has 0 radical (unpaired) electrons. The number of carbonyl (C=O) groups excluding carboxylic acids is 2. The van der Waals surface area contributed by atoms with E-state index in [1.165, 1.54) is 12.0 Å². The molecule has 0 aromatic heterocycles. The lowest BCUT2D eigenvalue weighted by atomic mass is 9.87. The van der Waals surface area contributed by atoms with Crippen molar-refractivity contribution in [3.05, 3.63) is 18.2 Å². The van der Waals surface area contributed by atoms with Gasteiger partial charge >= 0.3 is 6.18 Å². The Kier molecular flexibility index (Phi) is 6.24. The van der Waals surface area contributed by atoms with Crippen LogP contribution in [0.1, 0.15) is 38.5 Å². The summed E-state index contributed by atoms with van der Waals surface area (Å²) in [6.07, 6.45) is -2.96. The number of anilines is 1. The zero-order valence-electron chi connectivity index (χ0n) is 16.4. The minimum atomic E-state index is -4.16. The minimum Gasteiger partial charge on any atom is -0.497 e. The normalized spacial score (nSPS) is 25.1. The number of hydrogen-bond donors (Lipinski definition) is 1. The number of nitrogens with zero attached hydrogens (tertiary/aromatic N) is 1. The summed E-state index contributed by atoms with van der Waals surface area (Å²) < 4.78 is 49.6. The highest BCUT2D eigenvalue weighted by molar-refractivity contribution is 5.99. The van der Waals surface area contributed by atoms with Gasteiger partial charge in [-0.2, -0.15) is 13.2 Å². The van der Waals surface area contributed by atoms with Crippen molar-refractivity contribution in [3.8, 4) is 11.5 Å². The van der Waals surface area contributed by atoms with Crippen LogP contribution in [0.5, 0.6) is 11.5 Å². The van der Waals surface area contributed by atoms with E-state index in [4.69, 9.17) is 9.47 Å². The Morgan fingerprint density at radius 2 is 1.76 bits per heavy atom. The molecular weight excluding hydrogens is 389 g/mol. The molecule has 1 atom stereocenters. The zero-order chi connectivity index (χ0) is 21.2. The Bertz CT molecular complexity index is 761. The second kappa shape index (κ2) is 8.51.